The molecule has 0 spiro atoms. The van der Waals surface area contributed by atoms with E-state index in [0.717, 1.165) is 121 Å². The van der Waals surface area contributed by atoms with Crippen LogP contribution < -0.4 is 25.3 Å². The number of urea groups is 2. The molecule has 28 heteroatoms. The van der Waals surface area contributed by atoms with Crippen molar-refractivity contribution >= 4 is 236 Å². The predicted octanol–water partition coefficient (Wildman–Crippen LogP) is 33.1. The standard InChI is InChI=1S/2C24H22Br2N2O2.C18H19BrO.C11H13BrO.C11H14O.C8H9Br.C7H4BrNO.C6H6BrN.C5H11NO2.C3H5ClO/c2*1-3-17-5-4-6-18(15-17)24(30)16(2)27(21-11-7-19(25)8-12-21)23(29)28(24)22-13-9-20(26)10-14-22;1-3-14-5-4-6-16(12-14)18(20)13(2)11-15-7-9-17(19)10-8-15;1-3-9-5-4-6-10(7-9)11(13)8(2)12;1-3-9-6-5-7-10(8-9)11(12)4-2;1-2-7-4-3-5-8(9)6-7;8-6-1-3-7(4-2-6)9-5-10;7-5-1-3-6(8)4-2-5;1-4-5(7)6(2)8-3;1-2-3(4)5/h2*4-16,30H,3H2,1-2H3;4-10,12-13H,3,11H2,1-2H3;4-8H,3H2,1-2H3;5-8H,3-4H2,1-2H3;3-6H,2H2,1H3;1-4H;1-4H,8H2;4H2,1-3H3;2H2,1H3/t16-,24?;;;;;;;;;/m0........./s1. The molecule has 0 aliphatic carbocycles. The summed E-state index contributed by atoms with van der Waals surface area (Å²) in [5, 5.41) is 25.2. The van der Waals surface area contributed by atoms with Crippen molar-refractivity contribution in [1.29, 1.82) is 0 Å². The van der Waals surface area contributed by atoms with Gasteiger partial charge in [-0.1, -0.05) is 340 Å². The molecule has 2 aliphatic rings. The number of halogens is 10. The number of hydrogen-bond donors (Lipinski definition) is 3. The number of isocyanates is 1. The molecular formula is C117H125Br9ClN7O11. The Morgan fingerprint density at radius 1 is 0.407 bits per heavy atom. The Morgan fingerprint density at radius 3 is 1.01 bits per heavy atom. The molecule has 2 fully saturated rings. The van der Waals surface area contributed by atoms with E-state index in [0.29, 0.717) is 47.5 Å². The molecule has 0 radical (unpaired) electrons. The molecule has 764 valence electrons. The summed E-state index contributed by atoms with van der Waals surface area (Å²) in [6, 6.07) is 98.9. The van der Waals surface area contributed by atoms with E-state index in [2.05, 4.69) is 231 Å². The second kappa shape index (κ2) is 63.8. The lowest BCUT2D eigenvalue weighted by molar-refractivity contribution is -0.168. The van der Waals surface area contributed by atoms with Crippen molar-refractivity contribution in [1.82, 2.24) is 5.06 Å². The van der Waals surface area contributed by atoms with Gasteiger partial charge in [-0.2, -0.15) is 4.99 Å². The summed E-state index contributed by atoms with van der Waals surface area (Å²) < 4.78 is 7.95. The zero-order chi connectivity index (χ0) is 107. The minimum Gasteiger partial charge on any atom is -0.399 e. The first-order valence-corrected chi connectivity index (χ1v) is 55.1. The monoisotopic (exact) mass is 2550 g/mol. The number of Topliss-reactive ketones (excluding diaryl/α,β-unsaturated/α-hetero) is 3. The van der Waals surface area contributed by atoms with Gasteiger partial charge in [0.05, 0.1) is 29.7 Å². The Morgan fingerprint density at radius 2 is 0.710 bits per heavy atom. The summed E-state index contributed by atoms with van der Waals surface area (Å²) in [5.41, 5.74) is 18.8. The Kier molecular flexibility index (Phi) is 54.5. The SMILES string of the molecule is CCC(=O)Cl.CCC(=O)N(C)OC.CCC(=O)c1cccc(CC)c1.CCc1cccc(Br)c1.CCc1cccc(C(=O)C(C)Br)c1.CCc1cccc(C(=O)C(C)Cc2ccc(Br)cc2)c1.CCc1cccc(C2(O)C(C)N(c3ccc(Br)cc3)C(=O)N2c2ccc(Br)cc2)c1.CCc1cccc(C2(O)[C@H](C)N(c3ccc(Br)cc3)C(=O)N2c2ccc(Br)cc2)c1.Nc1ccc(Br)cc1.O=C=Nc1ccc(Br)cc1. The molecule has 6 atom stereocenters. The quantitative estimate of drug-likeness (QED) is 0.00973. The number of amides is 5. The minimum absolute atomic E-state index is 0.00304. The lowest BCUT2D eigenvalue weighted by atomic mass is 9.92. The molecule has 13 aromatic carbocycles. The van der Waals surface area contributed by atoms with Crippen molar-refractivity contribution < 1.29 is 53.4 Å². The summed E-state index contributed by atoms with van der Waals surface area (Å²) in [7, 11) is 3.05. The lowest BCUT2D eigenvalue weighted by Crippen LogP contribution is -2.48. The van der Waals surface area contributed by atoms with Crippen LogP contribution in [0.4, 0.5) is 43.7 Å². The lowest BCUT2D eigenvalue weighted by Gasteiger charge is -2.36. The van der Waals surface area contributed by atoms with E-state index in [1.54, 1.807) is 42.8 Å². The molecule has 5 unspecified atom stereocenters. The van der Waals surface area contributed by atoms with Crippen LogP contribution in [0, 0.1) is 5.92 Å². The molecule has 15 rings (SSSR count). The number of carbonyl (C=O) groups excluding carboxylic acids is 8. The van der Waals surface area contributed by atoms with Gasteiger partial charge in [-0.3, -0.25) is 48.4 Å². The molecule has 0 aromatic heterocycles. The number of carbonyl (C=O) groups is 7. The number of aryl methyl sites for hydroxylation is 6. The fourth-order valence-electron chi connectivity index (χ4n) is 14.8. The number of ketones is 3. The number of hydroxylamine groups is 2. The summed E-state index contributed by atoms with van der Waals surface area (Å²) in [6.45, 7) is 25.6. The summed E-state index contributed by atoms with van der Waals surface area (Å²) in [4.78, 5) is 107. The molecule has 2 heterocycles. The van der Waals surface area contributed by atoms with Gasteiger partial charge in [0.2, 0.25) is 17.2 Å². The molecule has 18 nitrogen and oxygen atoms in total. The first kappa shape index (κ1) is 124. The van der Waals surface area contributed by atoms with Crippen LogP contribution in [-0.2, 0) is 75.6 Å². The largest absolute Gasteiger partial charge is 0.399 e. The Labute approximate surface area is 935 Å². The number of aliphatic imine (C=N–C) groups is 1. The van der Waals surface area contributed by atoms with Crippen LogP contribution in [0.3, 0.4) is 0 Å². The van der Waals surface area contributed by atoms with Crippen LogP contribution in [0.5, 0.6) is 0 Å². The third-order valence-electron chi connectivity index (χ3n) is 23.2. The van der Waals surface area contributed by atoms with Crippen molar-refractivity contribution in [2.24, 2.45) is 10.9 Å². The van der Waals surface area contributed by atoms with Crippen LogP contribution in [0.25, 0.3) is 0 Å². The zero-order valence-electron chi connectivity index (χ0n) is 84.0. The number of hydrogen-bond acceptors (Lipinski definition) is 13. The van der Waals surface area contributed by atoms with Crippen LogP contribution in [0.1, 0.15) is 190 Å². The molecular weight excluding hydrogens is 2430 g/mol. The maximum atomic E-state index is 13.7. The van der Waals surface area contributed by atoms with E-state index in [1.165, 1.54) is 60.3 Å². The van der Waals surface area contributed by atoms with Crippen molar-refractivity contribution in [2.45, 2.75) is 183 Å². The number of nitrogens with zero attached hydrogens (tertiary/aromatic N) is 6. The van der Waals surface area contributed by atoms with Crippen molar-refractivity contribution in [3.05, 3.63) is 418 Å². The van der Waals surface area contributed by atoms with E-state index >= 15 is 0 Å². The van der Waals surface area contributed by atoms with Gasteiger partial charge in [0, 0.05) is 124 Å². The molecule has 145 heavy (non-hydrogen) atoms. The average molecular weight is 2560 g/mol. The third kappa shape index (κ3) is 38.4. The van der Waals surface area contributed by atoms with Gasteiger partial charge >= 0.3 is 12.1 Å². The van der Waals surface area contributed by atoms with Gasteiger partial charge < -0.3 is 15.9 Å². The number of benzene rings is 13. The summed E-state index contributed by atoms with van der Waals surface area (Å²) in [6.07, 6.45) is 9.48. The molecule has 0 bridgehead atoms. The topological polar surface area (TPSA) is 241 Å². The number of nitrogen functional groups attached to an aromatic ring is 1. The van der Waals surface area contributed by atoms with Crippen LogP contribution in [-0.4, -0.2) is 93.0 Å². The molecule has 5 amide bonds. The van der Waals surface area contributed by atoms with Gasteiger partial charge in [-0.25, -0.2) is 19.4 Å². The number of alkyl halides is 1. The van der Waals surface area contributed by atoms with Crippen LogP contribution in [0.15, 0.2) is 356 Å². The Balaban J connectivity index is 0.000000259. The van der Waals surface area contributed by atoms with Crippen molar-refractivity contribution in [2.75, 3.05) is 39.5 Å². The summed E-state index contributed by atoms with van der Waals surface area (Å²) in [5.74, 6) is 0.597. The first-order valence-electron chi connectivity index (χ1n) is 47.4. The number of aliphatic hydroxyl groups is 2. The van der Waals surface area contributed by atoms with Gasteiger partial charge in [0.25, 0.3) is 0 Å². The zero-order valence-corrected chi connectivity index (χ0v) is 99.0. The molecule has 4 N–H and O–H groups in total. The van der Waals surface area contributed by atoms with Crippen LogP contribution in [0.2, 0.25) is 0 Å². The smallest absolute Gasteiger partial charge is 0.332 e. The second-order valence-electron chi connectivity index (χ2n) is 33.2. The van der Waals surface area contributed by atoms with Gasteiger partial charge in [-0.15, -0.1) is 0 Å². The summed E-state index contributed by atoms with van der Waals surface area (Å²) >= 11 is 35.3. The highest BCUT2D eigenvalue weighted by Crippen LogP contribution is 2.47. The maximum Gasteiger partial charge on any atom is 0.332 e. The van der Waals surface area contributed by atoms with Gasteiger partial charge in [0.15, 0.2) is 28.8 Å². The third-order valence-corrected chi connectivity index (χ3v) is 28.0. The van der Waals surface area contributed by atoms with E-state index < -0.39 is 23.5 Å². The first-order chi connectivity index (χ1) is 69.2. The predicted molar refractivity (Wildman–Crippen MR) is 627 cm³/mol. The molecule has 13 aromatic rings. The second-order valence-corrected chi connectivity index (χ2v) is 42.3. The van der Waals surface area contributed by atoms with Gasteiger partial charge in [-0.05, 0) is 304 Å². The highest BCUT2D eigenvalue weighted by atomic mass is 79.9. The highest BCUT2D eigenvalue weighted by molar-refractivity contribution is 9.11. The fourth-order valence-corrected chi connectivity index (χ4v) is 17.3. The minimum atomic E-state index is -1.52. The Bertz CT molecular complexity index is 6150. The molecule has 2 saturated heterocycles. The normalized spacial score (nSPS) is 14.9. The van der Waals surface area contributed by atoms with Gasteiger partial charge in [0.1, 0.15) is 0 Å². The maximum absolute atomic E-state index is 13.7. The molecule has 0 saturated carbocycles. The highest BCUT2D eigenvalue weighted by Gasteiger charge is 2.58. The van der Waals surface area contributed by atoms with Crippen molar-refractivity contribution in [3.63, 3.8) is 0 Å². The van der Waals surface area contributed by atoms with E-state index in [-0.39, 0.29) is 51.3 Å². The van der Waals surface area contributed by atoms with E-state index in [1.807, 2.05) is 302 Å². The van der Waals surface area contributed by atoms with E-state index in [4.69, 9.17) is 17.3 Å². The van der Waals surface area contributed by atoms with Crippen LogP contribution >= 0.6 is 155 Å². The van der Waals surface area contributed by atoms with E-state index in [9.17, 15) is 48.6 Å². The average Bonchev–Trinajstić information content (AvgIpc) is 1.57. The number of nitrogens with two attached hydrogens (primary N) is 1. The van der Waals surface area contributed by atoms with Crippen molar-refractivity contribution in [3.8, 4) is 0 Å². The fraction of sp³-hybridized carbons (Fsp3) is 0.265. The number of rotatable bonds is 24. The number of anilines is 5. The Hall–Kier alpha value is -9.78. The molecule has 2 aliphatic heterocycles.